The summed E-state index contributed by atoms with van der Waals surface area (Å²) in [6, 6.07) is 12.9. The van der Waals surface area contributed by atoms with Crippen molar-refractivity contribution in [1.29, 1.82) is 0 Å². The maximum atomic E-state index is 12.4. The van der Waals surface area contributed by atoms with Crippen molar-refractivity contribution in [3.63, 3.8) is 0 Å². The van der Waals surface area contributed by atoms with Crippen LogP contribution in [0.1, 0.15) is 44.9 Å². The molecule has 0 aliphatic rings. The fraction of sp³-hybridized carbons (Fsp3) is 0.391. The lowest BCUT2D eigenvalue weighted by molar-refractivity contribution is -0.148. The lowest BCUT2D eigenvalue weighted by atomic mass is 10.0. The lowest BCUT2D eigenvalue weighted by Crippen LogP contribution is -2.47. The number of hydrogen-bond donors (Lipinski definition) is 2. The van der Waals surface area contributed by atoms with Gasteiger partial charge in [-0.15, -0.1) is 0 Å². The van der Waals surface area contributed by atoms with E-state index in [4.69, 9.17) is 25.8 Å². The molecule has 31 heavy (non-hydrogen) atoms. The number of carbonyl (C=O) groups excluding carboxylic acids is 2. The number of benzene rings is 2. The Morgan fingerprint density at radius 3 is 2.39 bits per heavy atom. The summed E-state index contributed by atoms with van der Waals surface area (Å²) >= 11 is 6.31. The molecular weight excluding hydrogens is 422 g/mol. The predicted molar refractivity (Wildman–Crippen MR) is 117 cm³/mol. The summed E-state index contributed by atoms with van der Waals surface area (Å²) < 4.78 is 15.9. The largest absolute Gasteiger partial charge is 0.487 e. The Morgan fingerprint density at radius 1 is 1.13 bits per heavy atom. The molecule has 0 aliphatic carbocycles. The highest BCUT2D eigenvalue weighted by atomic mass is 35.5. The molecule has 2 atom stereocenters. The monoisotopic (exact) mass is 449 g/mol. The van der Waals surface area contributed by atoms with Crippen molar-refractivity contribution in [2.75, 3.05) is 6.61 Å². The smallest absolute Gasteiger partial charge is 0.408 e. The van der Waals surface area contributed by atoms with Crippen LogP contribution in [0.2, 0.25) is 5.02 Å². The third-order valence-corrected chi connectivity index (χ3v) is 4.36. The molecule has 7 nitrogen and oxygen atoms in total. The second-order valence-electron chi connectivity index (χ2n) is 7.78. The van der Waals surface area contributed by atoms with Crippen LogP contribution in [0.15, 0.2) is 48.5 Å². The highest BCUT2D eigenvalue weighted by Crippen LogP contribution is 2.30. The van der Waals surface area contributed by atoms with Crippen molar-refractivity contribution in [3.8, 4) is 5.75 Å². The van der Waals surface area contributed by atoms with Crippen LogP contribution in [0.5, 0.6) is 5.75 Å². The molecule has 0 saturated carbocycles. The van der Waals surface area contributed by atoms with Gasteiger partial charge < -0.3 is 24.6 Å². The van der Waals surface area contributed by atoms with Crippen molar-refractivity contribution < 1.29 is 28.9 Å². The third-order valence-electron chi connectivity index (χ3n) is 4.06. The molecule has 2 rings (SSSR count). The van der Waals surface area contributed by atoms with Crippen LogP contribution in [0.4, 0.5) is 4.79 Å². The third kappa shape index (κ3) is 7.77. The molecule has 0 heterocycles. The molecule has 0 saturated heterocycles. The van der Waals surface area contributed by atoms with Crippen LogP contribution >= 0.6 is 11.6 Å². The second kappa shape index (κ2) is 11.0. The van der Waals surface area contributed by atoms with Gasteiger partial charge in [0.1, 0.15) is 24.1 Å². The lowest BCUT2D eigenvalue weighted by Gasteiger charge is -2.25. The number of carbonyl (C=O) groups is 2. The van der Waals surface area contributed by atoms with Crippen molar-refractivity contribution in [3.05, 3.63) is 64.7 Å². The summed E-state index contributed by atoms with van der Waals surface area (Å²) in [4.78, 5) is 24.5. The van der Waals surface area contributed by atoms with Gasteiger partial charge in [-0.05, 0) is 51.0 Å². The van der Waals surface area contributed by atoms with E-state index in [1.54, 1.807) is 39.8 Å². The van der Waals surface area contributed by atoms with E-state index in [1.165, 1.54) is 6.07 Å². The SMILES string of the molecule is CCOC(=O)[C@H](NC(=O)OC(C)(C)C)[C@H](O)c1ccc(OCc2ccccc2)c(Cl)c1. The Balaban J connectivity index is 2.15. The van der Waals surface area contributed by atoms with E-state index in [2.05, 4.69) is 5.32 Å². The van der Waals surface area contributed by atoms with Crippen LogP contribution in [-0.2, 0) is 20.9 Å². The zero-order valence-corrected chi connectivity index (χ0v) is 18.8. The van der Waals surface area contributed by atoms with Crippen molar-refractivity contribution >= 4 is 23.7 Å². The number of esters is 1. The van der Waals surface area contributed by atoms with Gasteiger partial charge in [0.25, 0.3) is 0 Å². The normalized spacial score (nSPS) is 13.1. The fourth-order valence-corrected chi connectivity index (χ4v) is 2.92. The number of nitrogens with one attached hydrogen (secondary N) is 1. The van der Waals surface area contributed by atoms with E-state index in [0.717, 1.165) is 5.56 Å². The van der Waals surface area contributed by atoms with Crippen molar-refractivity contribution in [1.82, 2.24) is 5.32 Å². The summed E-state index contributed by atoms with van der Waals surface area (Å²) in [7, 11) is 0. The van der Waals surface area contributed by atoms with Gasteiger partial charge in [-0.3, -0.25) is 0 Å². The number of rotatable bonds is 8. The highest BCUT2D eigenvalue weighted by Gasteiger charge is 2.33. The number of aliphatic hydroxyl groups is 1. The first-order valence-corrected chi connectivity index (χ1v) is 10.3. The van der Waals surface area contributed by atoms with E-state index < -0.39 is 29.8 Å². The minimum absolute atomic E-state index is 0.0884. The molecule has 0 bridgehead atoms. The van der Waals surface area contributed by atoms with E-state index >= 15 is 0 Å². The first-order chi connectivity index (χ1) is 14.6. The first-order valence-electron chi connectivity index (χ1n) is 9.91. The van der Waals surface area contributed by atoms with E-state index in [9.17, 15) is 14.7 Å². The molecule has 0 fully saturated rings. The molecule has 8 heteroatoms. The summed E-state index contributed by atoms with van der Waals surface area (Å²) in [5.41, 5.74) is 0.521. The molecule has 2 N–H and O–H groups in total. The summed E-state index contributed by atoms with van der Waals surface area (Å²) in [6.07, 6.45) is -2.26. The van der Waals surface area contributed by atoms with Gasteiger partial charge in [-0.25, -0.2) is 9.59 Å². The Labute approximate surface area is 187 Å². The Kier molecular flexibility index (Phi) is 8.71. The predicted octanol–water partition coefficient (Wildman–Crippen LogP) is 4.41. The Bertz CT molecular complexity index is 881. The van der Waals surface area contributed by atoms with E-state index in [1.807, 2.05) is 30.3 Å². The van der Waals surface area contributed by atoms with E-state index in [-0.39, 0.29) is 11.6 Å². The molecule has 0 aromatic heterocycles. The van der Waals surface area contributed by atoms with Crippen molar-refractivity contribution in [2.45, 2.75) is 52.0 Å². The number of amides is 1. The Morgan fingerprint density at radius 2 is 1.81 bits per heavy atom. The molecule has 2 aromatic rings. The fourth-order valence-electron chi connectivity index (χ4n) is 2.68. The molecule has 0 radical (unpaired) electrons. The molecule has 168 valence electrons. The van der Waals surface area contributed by atoms with E-state index in [0.29, 0.717) is 17.9 Å². The maximum absolute atomic E-state index is 12.4. The van der Waals surface area contributed by atoms with Gasteiger partial charge in [-0.2, -0.15) is 0 Å². The van der Waals surface area contributed by atoms with Gasteiger partial charge in [0.15, 0.2) is 6.04 Å². The van der Waals surface area contributed by atoms with Gasteiger partial charge in [0.2, 0.25) is 0 Å². The van der Waals surface area contributed by atoms with Crippen LogP contribution < -0.4 is 10.1 Å². The quantitative estimate of drug-likeness (QED) is 0.580. The molecule has 0 aliphatic heterocycles. The Hall–Kier alpha value is -2.77. The number of halogens is 1. The van der Waals surface area contributed by atoms with Crippen LogP contribution in [0, 0.1) is 0 Å². The zero-order chi connectivity index (χ0) is 23.0. The number of hydrogen-bond acceptors (Lipinski definition) is 6. The van der Waals surface area contributed by atoms with Crippen molar-refractivity contribution in [2.24, 2.45) is 0 Å². The minimum Gasteiger partial charge on any atom is -0.487 e. The van der Waals surface area contributed by atoms with Gasteiger partial charge in [-0.1, -0.05) is 48.0 Å². The molecule has 1 amide bonds. The van der Waals surface area contributed by atoms with Gasteiger partial charge >= 0.3 is 12.1 Å². The molecular formula is C23H28ClNO6. The summed E-state index contributed by atoms with van der Waals surface area (Å²) in [6.45, 7) is 7.12. The topological polar surface area (TPSA) is 94.1 Å². The molecule has 0 spiro atoms. The summed E-state index contributed by atoms with van der Waals surface area (Å²) in [5.74, 6) is -0.365. The first kappa shape index (κ1) is 24.5. The highest BCUT2D eigenvalue weighted by molar-refractivity contribution is 6.32. The second-order valence-corrected chi connectivity index (χ2v) is 8.19. The molecule has 2 aromatic carbocycles. The standard InChI is InChI=1S/C23H28ClNO6/c1-5-29-21(27)19(25-22(28)31-23(2,3)4)20(26)16-11-12-18(17(24)13-16)30-14-15-9-7-6-8-10-15/h6-13,19-20,26H,5,14H2,1-4H3,(H,25,28)/t19-,20-/m1/s1. The average molecular weight is 450 g/mol. The zero-order valence-electron chi connectivity index (χ0n) is 18.1. The summed E-state index contributed by atoms with van der Waals surface area (Å²) in [5, 5.41) is 13.4. The maximum Gasteiger partial charge on any atom is 0.408 e. The van der Waals surface area contributed by atoms with Crippen LogP contribution in [0.25, 0.3) is 0 Å². The number of alkyl carbamates (subject to hydrolysis) is 1. The number of ether oxygens (including phenoxy) is 3. The number of aliphatic hydroxyl groups excluding tert-OH is 1. The minimum atomic E-state index is -1.41. The van der Waals surface area contributed by atoms with Crippen LogP contribution in [-0.4, -0.2) is 35.4 Å². The average Bonchev–Trinajstić information content (AvgIpc) is 2.70. The van der Waals surface area contributed by atoms with Gasteiger partial charge in [0.05, 0.1) is 11.6 Å². The molecule has 0 unspecified atom stereocenters. The van der Waals surface area contributed by atoms with Gasteiger partial charge in [0, 0.05) is 0 Å². The van der Waals surface area contributed by atoms with Crippen LogP contribution in [0.3, 0.4) is 0 Å².